The molecular formula is C12H24N2O2. The third-order valence-electron chi connectivity index (χ3n) is 3.49. The lowest BCUT2D eigenvalue weighted by molar-refractivity contribution is -0.147. The van der Waals surface area contributed by atoms with Crippen LogP contribution in [0, 0.1) is 0 Å². The number of ether oxygens (including phenoxy) is 1. The maximum atomic E-state index is 11.7. The number of methoxy groups -OCH3 is 1. The number of carbonyl (C=O) groups excluding carboxylic acids is 1. The fourth-order valence-electron chi connectivity index (χ4n) is 2.55. The van der Waals surface area contributed by atoms with Crippen molar-refractivity contribution in [2.75, 3.05) is 20.2 Å². The van der Waals surface area contributed by atoms with Gasteiger partial charge in [0.1, 0.15) is 6.04 Å². The normalized spacial score (nSPS) is 24.8. The summed E-state index contributed by atoms with van der Waals surface area (Å²) in [5.41, 5.74) is 5.71. The van der Waals surface area contributed by atoms with E-state index in [1.807, 2.05) is 0 Å². The van der Waals surface area contributed by atoms with E-state index in [-0.39, 0.29) is 12.0 Å². The number of carbonyl (C=O) groups is 1. The Morgan fingerprint density at radius 2 is 2.25 bits per heavy atom. The van der Waals surface area contributed by atoms with Crippen molar-refractivity contribution in [3.05, 3.63) is 0 Å². The Balaban J connectivity index is 2.73. The third kappa shape index (κ3) is 3.19. The maximum absolute atomic E-state index is 11.7. The Hall–Kier alpha value is -0.610. The molecule has 0 aromatic heterocycles. The second kappa shape index (κ2) is 6.86. The van der Waals surface area contributed by atoms with Gasteiger partial charge in [0.05, 0.1) is 7.11 Å². The fourth-order valence-corrected chi connectivity index (χ4v) is 2.55. The van der Waals surface area contributed by atoms with E-state index in [9.17, 15) is 4.79 Å². The molecule has 2 atom stereocenters. The molecule has 2 unspecified atom stereocenters. The predicted molar refractivity (Wildman–Crippen MR) is 64.1 cm³/mol. The Morgan fingerprint density at radius 1 is 1.50 bits per heavy atom. The van der Waals surface area contributed by atoms with E-state index in [4.69, 9.17) is 10.5 Å². The first-order chi connectivity index (χ1) is 7.74. The van der Waals surface area contributed by atoms with Crippen molar-refractivity contribution in [3.63, 3.8) is 0 Å². The van der Waals surface area contributed by atoms with E-state index in [1.54, 1.807) is 0 Å². The quantitative estimate of drug-likeness (QED) is 0.733. The molecule has 0 aromatic rings. The molecule has 94 valence electrons. The van der Waals surface area contributed by atoms with Gasteiger partial charge in [-0.05, 0) is 25.8 Å². The van der Waals surface area contributed by atoms with Crippen molar-refractivity contribution in [1.82, 2.24) is 4.90 Å². The first-order valence-corrected chi connectivity index (χ1v) is 6.28. The van der Waals surface area contributed by atoms with Crippen LogP contribution < -0.4 is 5.73 Å². The molecule has 4 heteroatoms. The van der Waals surface area contributed by atoms with Gasteiger partial charge in [-0.15, -0.1) is 0 Å². The van der Waals surface area contributed by atoms with Crippen LogP contribution in [0.4, 0.5) is 0 Å². The van der Waals surface area contributed by atoms with Crippen molar-refractivity contribution < 1.29 is 9.53 Å². The predicted octanol–water partition coefficient (Wildman–Crippen LogP) is 1.14. The van der Waals surface area contributed by atoms with E-state index in [0.29, 0.717) is 12.6 Å². The van der Waals surface area contributed by atoms with Crippen LogP contribution in [0.25, 0.3) is 0 Å². The Bertz CT molecular complexity index is 221. The standard InChI is InChI=1S/C12H24N2O2/c1-3-10-7-5-4-6-8-14(10)11(9-13)12(15)16-2/h10-11H,3-9,13H2,1-2H3. The Kier molecular flexibility index (Phi) is 5.77. The Morgan fingerprint density at radius 3 is 2.81 bits per heavy atom. The van der Waals surface area contributed by atoms with Gasteiger partial charge in [0.25, 0.3) is 0 Å². The van der Waals surface area contributed by atoms with Crippen molar-refractivity contribution in [3.8, 4) is 0 Å². The molecular weight excluding hydrogens is 204 g/mol. The lowest BCUT2D eigenvalue weighted by atomic mass is 10.1. The lowest BCUT2D eigenvalue weighted by Crippen LogP contribution is -2.51. The number of nitrogens with two attached hydrogens (primary N) is 1. The minimum absolute atomic E-state index is 0.192. The van der Waals surface area contributed by atoms with Crippen LogP contribution in [0.3, 0.4) is 0 Å². The third-order valence-corrected chi connectivity index (χ3v) is 3.49. The molecule has 0 saturated carbocycles. The lowest BCUT2D eigenvalue weighted by Gasteiger charge is -2.34. The zero-order valence-electron chi connectivity index (χ0n) is 10.4. The van der Waals surface area contributed by atoms with Crippen LogP contribution >= 0.6 is 0 Å². The molecule has 1 heterocycles. The summed E-state index contributed by atoms with van der Waals surface area (Å²) in [5.74, 6) is -0.192. The summed E-state index contributed by atoms with van der Waals surface area (Å²) in [6.45, 7) is 3.49. The molecule has 0 aromatic carbocycles. The van der Waals surface area contributed by atoms with Crippen LogP contribution in [0.2, 0.25) is 0 Å². The van der Waals surface area contributed by atoms with Crippen LogP contribution in [-0.2, 0) is 9.53 Å². The molecule has 16 heavy (non-hydrogen) atoms. The first-order valence-electron chi connectivity index (χ1n) is 6.28. The van der Waals surface area contributed by atoms with Crippen molar-refractivity contribution >= 4 is 5.97 Å². The van der Waals surface area contributed by atoms with Gasteiger partial charge in [-0.2, -0.15) is 0 Å². The smallest absolute Gasteiger partial charge is 0.324 e. The first kappa shape index (κ1) is 13.5. The second-order valence-corrected chi connectivity index (χ2v) is 4.42. The summed E-state index contributed by atoms with van der Waals surface area (Å²) in [6.07, 6.45) is 5.92. The summed E-state index contributed by atoms with van der Waals surface area (Å²) < 4.78 is 4.83. The van der Waals surface area contributed by atoms with Gasteiger partial charge in [-0.25, -0.2) is 0 Å². The highest BCUT2D eigenvalue weighted by molar-refractivity contribution is 5.76. The summed E-state index contributed by atoms with van der Waals surface area (Å²) >= 11 is 0. The molecule has 0 spiro atoms. The van der Waals surface area contributed by atoms with E-state index in [2.05, 4.69) is 11.8 Å². The molecule has 1 fully saturated rings. The molecule has 4 nitrogen and oxygen atoms in total. The van der Waals surface area contributed by atoms with Crippen LogP contribution in [0.15, 0.2) is 0 Å². The molecule has 0 aliphatic carbocycles. The molecule has 0 amide bonds. The maximum Gasteiger partial charge on any atom is 0.324 e. The number of hydrogen-bond acceptors (Lipinski definition) is 4. The molecule has 1 aliphatic rings. The number of likely N-dealkylation sites (tertiary alicyclic amines) is 1. The number of hydrogen-bond donors (Lipinski definition) is 1. The number of nitrogens with zero attached hydrogens (tertiary/aromatic N) is 1. The van der Waals surface area contributed by atoms with E-state index in [0.717, 1.165) is 19.4 Å². The topological polar surface area (TPSA) is 55.6 Å². The highest BCUT2D eigenvalue weighted by Gasteiger charge is 2.30. The average molecular weight is 228 g/mol. The molecule has 0 radical (unpaired) electrons. The molecule has 1 saturated heterocycles. The van der Waals surface area contributed by atoms with Crippen molar-refractivity contribution in [2.45, 2.75) is 51.1 Å². The second-order valence-electron chi connectivity index (χ2n) is 4.42. The van der Waals surface area contributed by atoms with Crippen LogP contribution in [-0.4, -0.2) is 43.2 Å². The summed E-state index contributed by atoms with van der Waals surface area (Å²) in [4.78, 5) is 13.9. The van der Waals surface area contributed by atoms with Gasteiger partial charge in [-0.3, -0.25) is 9.69 Å². The summed E-state index contributed by atoms with van der Waals surface area (Å²) in [5, 5.41) is 0. The van der Waals surface area contributed by atoms with Crippen molar-refractivity contribution in [2.24, 2.45) is 5.73 Å². The zero-order valence-corrected chi connectivity index (χ0v) is 10.4. The minimum Gasteiger partial charge on any atom is -0.468 e. The largest absolute Gasteiger partial charge is 0.468 e. The van der Waals surface area contributed by atoms with Gasteiger partial charge in [0, 0.05) is 12.6 Å². The van der Waals surface area contributed by atoms with Gasteiger partial charge in [0.2, 0.25) is 0 Å². The van der Waals surface area contributed by atoms with Crippen LogP contribution in [0.1, 0.15) is 39.0 Å². The molecule has 1 aliphatic heterocycles. The van der Waals surface area contributed by atoms with Gasteiger partial charge in [-0.1, -0.05) is 19.8 Å². The monoisotopic (exact) mass is 228 g/mol. The number of rotatable bonds is 4. The highest BCUT2D eigenvalue weighted by Crippen LogP contribution is 2.21. The highest BCUT2D eigenvalue weighted by atomic mass is 16.5. The van der Waals surface area contributed by atoms with Crippen LogP contribution in [0.5, 0.6) is 0 Å². The summed E-state index contributed by atoms with van der Waals surface area (Å²) in [7, 11) is 1.43. The molecule has 1 rings (SSSR count). The van der Waals surface area contributed by atoms with E-state index in [1.165, 1.54) is 26.4 Å². The van der Waals surface area contributed by atoms with Gasteiger partial charge in [0.15, 0.2) is 0 Å². The average Bonchev–Trinajstić information content (AvgIpc) is 2.55. The minimum atomic E-state index is -0.256. The fraction of sp³-hybridized carbons (Fsp3) is 0.917. The number of esters is 1. The van der Waals surface area contributed by atoms with E-state index < -0.39 is 0 Å². The van der Waals surface area contributed by atoms with E-state index >= 15 is 0 Å². The van der Waals surface area contributed by atoms with Crippen molar-refractivity contribution in [1.29, 1.82) is 0 Å². The van der Waals surface area contributed by atoms with Gasteiger partial charge >= 0.3 is 5.97 Å². The summed E-state index contributed by atoms with van der Waals surface area (Å²) in [6, 6.07) is 0.225. The SMILES string of the molecule is CCC1CCCCCN1C(CN)C(=O)OC. The van der Waals surface area contributed by atoms with Gasteiger partial charge < -0.3 is 10.5 Å². The molecule has 2 N–H and O–H groups in total. The Labute approximate surface area is 98.1 Å². The zero-order chi connectivity index (χ0) is 12.0. The molecule has 0 bridgehead atoms.